The fraction of sp³-hybridized carbons (Fsp3) is 0.0667. The van der Waals surface area contributed by atoms with Crippen molar-refractivity contribution in [2.75, 3.05) is 0 Å². The number of aromatic hydroxyl groups is 1. The SMILES string of the molecule is Oc1cccc(C=CC(O)c2cccc(Cl)c2)c1. The molecule has 2 N–H and O–H groups in total. The zero-order chi connectivity index (χ0) is 13.0. The molecular weight excluding hydrogens is 248 g/mol. The van der Waals surface area contributed by atoms with Gasteiger partial charge < -0.3 is 10.2 Å². The van der Waals surface area contributed by atoms with E-state index in [1.807, 2.05) is 12.1 Å². The van der Waals surface area contributed by atoms with E-state index in [0.29, 0.717) is 5.02 Å². The molecule has 0 aliphatic carbocycles. The summed E-state index contributed by atoms with van der Waals surface area (Å²) in [6.07, 6.45) is 2.69. The first-order chi connectivity index (χ1) is 8.65. The van der Waals surface area contributed by atoms with E-state index in [0.717, 1.165) is 11.1 Å². The van der Waals surface area contributed by atoms with Crippen molar-refractivity contribution in [1.82, 2.24) is 0 Å². The van der Waals surface area contributed by atoms with E-state index < -0.39 is 6.10 Å². The lowest BCUT2D eigenvalue weighted by Gasteiger charge is -2.06. The number of phenols is 1. The monoisotopic (exact) mass is 260 g/mol. The second-order valence-electron chi connectivity index (χ2n) is 3.95. The Bertz CT molecular complexity index is 564. The summed E-state index contributed by atoms with van der Waals surface area (Å²) < 4.78 is 0. The summed E-state index contributed by atoms with van der Waals surface area (Å²) in [6, 6.07) is 13.9. The second kappa shape index (κ2) is 5.71. The predicted octanol–water partition coefficient (Wildman–Crippen LogP) is 3.79. The van der Waals surface area contributed by atoms with Crippen LogP contribution in [0.1, 0.15) is 17.2 Å². The number of phenolic OH excluding ortho intramolecular Hbond substituents is 1. The summed E-state index contributed by atoms with van der Waals surface area (Å²) in [5.41, 5.74) is 1.56. The maximum atomic E-state index is 9.97. The third-order valence-corrected chi connectivity index (χ3v) is 2.77. The van der Waals surface area contributed by atoms with Crippen molar-refractivity contribution in [2.45, 2.75) is 6.10 Å². The van der Waals surface area contributed by atoms with Gasteiger partial charge in [-0.05, 0) is 35.4 Å². The van der Waals surface area contributed by atoms with Crippen LogP contribution in [0, 0.1) is 0 Å². The Labute approximate surface area is 111 Å². The van der Waals surface area contributed by atoms with Gasteiger partial charge in [-0.2, -0.15) is 0 Å². The van der Waals surface area contributed by atoms with Gasteiger partial charge in [0.15, 0.2) is 0 Å². The molecule has 0 bridgehead atoms. The highest BCUT2D eigenvalue weighted by Gasteiger charge is 2.03. The lowest BCUT2D eigenvalue weighted by Crippen LogP contribution is -1.92. The van der Waals surface area contributed by atoms with Crippen molar-refractivity contribution in [2.24, 2.45) is 0 Å². The van der Waals surface area contributed by atoms with E-state index in [4.69, 9.17) is 11.6 Å². The number of benzene rings is 2. The van der Waals surface area contributed by atoms with Crippen molar-refractivity contribution < 1.29 is 10.2 Å². The molecule has 0 spiro atoms. The zero-order valence-electron chi connectivity index (χ0n) is 9.62. The average Bonchev–Trinajstić information content (AvgIpc) is 2.36. The van der Waals surface area contributed by atoms with E-state index in [2.05, 4.69) is 0 Å². The number of halogens is 1. The smallest absolute Gasteiger partial charge is 0.116 e. The van der Waals surface area contributed by atoms with Crippen LogP contribution in [-0.4, -0.2) is 10.2 Å². The van der Waals surface area contributed by atoms with Crippen molar-refractivity contribution >= 4 is 17.7 Å². The molecule has 0 saturated heterocycles. The number of aliphatic hydroxyl groups excluding tert-OH is 1. The van der Waals surface area contributed by atoms with E-state index in [1.54, 1.807) is 48.6 Å². The first-order valence-corrected chi connectivity index (χ1v) is 5.94. The Morgan fingerprint density at radius 2 is 1.83 bits per heavy atom. The van der Waals surface area contributed by atoms with Crippen LogP contribution in [0.3, 0.4) is 0 Å². The normalized spacial score (nSPS) is 12.8. The molecule has 1 unspecified atom stereocenters. The van der Waals surface area contributed by atoms with Gasteiger partial charge in [-0.3, -0.25) is 0 Å². The highest BCUT2D eigenvalue weighted by atomic mass is 35.5. The molecule has 2 aromatic carbocycles. The van der Waals surface area contributed by atoms with Gasteiger partial charge >= 0.3 is 0 Å². The molecule has 18 heavy (non-hydrogen) atoms. The third-order valence-electron chi connectivity index (χ3n) is 2.53. The van der Waals surface area contributed by atoms with Gasteiger partial charge in [0.2, 0.25) is 0 Å². The van der Waals surface area contributed by atoms with Crippen molar-refractivity contribution in [3.8, 4) is 5.75 Å². The van der Waals surface area contributed by atoms with E-state index in [1.165, 1.54) is 0 Å². The predicted molar refractivity (Wildman–Crippen MR) is 73.6 cm³/mol. The van der Waals surface area contributed by atoms with Crippen LogP contribution in [0.25, 0.3) is 6.08 Å². The number of hydrogen-bond acceptors (Lipinski definition) is 2. The Hall–Kier alpha value is -1.77. The van der Waals surface area contributed by atoms with Crippen molar-refractivity contribution in [3.05, 3.63) is 70.8 Å². The minimum atomic E-state index is -0.717. The fourth-order valence-corrected chi connectivity index (χ4v) is 1.83. The van der Waals surface area contributed by atoms with E-state index in [-0.39, 0.29) is 5.75 Å². The molecule has 3 heteroatoms. The van der Waals surface area contributed by atoms with Crippen LogP contribution in [0.2, 0.25) is 5.02 Å². The van der Waals surface area contributed by atoms with Gasteiger partial charge in [0, 0.05) is 5.02 Å². The van der Waals surface area contributed by atoms with Crippen LogP contribution in [-0.2, 0) is 0 Å². The van der Waals surface area contributed by atoms with Crippen LogP contribution in [0.4, 0.5) is 0 Å². The number of aliphatic hydroxyl groups is 1. The van der Waals surface area contributed by atoms with Gasteiger partial charge in [-0.15, -0.1) is 0 Å². The van der Waals surface area contributed by atoms with Crippen LogP contribution in [0.15, 0.2) is 54.6 Å². The second-order valence-corrected chi connectivity index (χ2v) is 4.39. The molecule has 0 heterocycles. The summed E-state index contributed by atoms with van der Waals surface area (Å²) in [6.45, 7) is 0. The lowest BCUT2D eigenvalue weighted by molar-refractivity contribution is 0.229. The molecule has 2 nitrogen and oxygen atoms in total. The summed E-state index contributed by atoms with van der Waals surface area (Å²) in [4.78, 5) is 0. The molecule has 0 aliphatic rings. The minimum Gasteiger partial charge on any atom is -0.508 e. The number of hydrogen-bond donors (Lipinski definition) is 2. The fourth-order valence-electron chi connectivity index (χ4n) is 1.63. The molecule has 1 atom stereocenters. The standard InChI is InChI=1S/C15H13ClO2/c16-13-5-2-4-12(10-13)15(18)8-7-11-3-1-6-14(17)9-11/h1-10,15,17-18H. The van der Waals surface area contributed by atoms with Crippen molar-refractivity contribution in [1.29, 1.82) is 0 Å². The largest absolute Gasteiger partial charge is 0.508 e. The highest BCUT2D eigenvalue weighted by Crippen LogP contribution is 2.20. The summed E-state index contributed by atoms with van der Waals surface area (Å²) in [7, 11) is 0. The van der Waals surface area contributed by atoms with Crippen molar-refractivity contribution in [3.63, 3.8) is 0 Å². The van der Waals surface area contributed by atoms with E-state index in [9.17, 15) is 10.2 Å². The van der Waals surface area contributed by atoms with E-state index >= 15 is 0 Å². The Kier molecular flexibility index (Phi) is 4.03. The Morgan fingerprint density at radius 3 is 2.56 bits per heavy atom. The Balaban J connectivity index is 2.14. The lowest BCUT2D eigenvalue weighted by atomic mass is 10.1. The molecule has 0 amide bonds. The summed E-state index contributed by atoms with van der Waals surface area (Å²) >= 11 is 5.86. The minimum absolute atomic E-state index is 0.203. The summed E-state index contributed by atoms with van der Waals surface area (Å²) in [5, 5.41) is 19.9. The number of rotatable bonds is 3. The van der Waals surface area contributed by atoms with Gasteiger partial charge in [-0.25, -0.2) is 0 Å². The summed E-state index contributed by atoms with van der Waals surface area (Å²) in [5.74, 6) is 0.203. The van der Waals surface area contributed by atoms with Gasteiger partial charge in [0.05, 0.1) is 6.10 Å². The molecule has 0 aliphatic heterocycles. The highest BCUT2D eigenvalue weighted by molar-refractivity contribution is 6.30. The molecule has 2 rings (SSSR count). The molecule has 2 aromatic rings. The van der Waals surface area contributed by atoms with Crippen LogP contribution < -0.4 is 0 Å². The molecule has 0 saturated carbocycles. The third kappa shape index (κ3) is 3.36. The van der Waals surface area contributed by atoms with Crippen LogP contribution in [0.5, 0.6) is 5.75 Å². The van der Waals surface area contributed by atoms with Gasteiger partial charge in [0.25, 0.3) is 0 Å². The molecule has 0 aromatic heterocycles. The average molecular weight is 261 g/mol. The quantitative estimate of drug-likeness (QED) is 0.881. The maximum absolute atomic E-state index is 9.97. The molecule has 0 fully saturated rings. The van der Waals surface area contributed by atoms with Gasteiger partial charge in [0.1, 0.15) is 5.75 Å². The molecular formula is C15H13ClO2. The zero-order valence-corrected chi connectivity index (χ0v) is 10.4. The first-order valence-electron chi connectivity index (χ1n) is 5.56. The Morgan fingerprint density at radius 1 is 1.06 bits per heavy atom. The topological polar surface area (TPSA) is 40.5 Å². The molecule has 0 radical (unpaired) electrons. The van der Waals surface area contributed by atoms with Gasteiger partial charge in [-0.1, -0.05) is 48.0 Å². The maximum Gasteiger partial charge on any atom is 0.116 e. The van der Waals surface area contributed by atoms with Crippen LogP contribution >= 0.6 is 11.6 Å². The molecule has 92 valence electrons. The first kappa shape index (κ1) is 12.7.